The molecular formula is C36H30F5NO4S. The topological polar surface area (TPSA) is 77.8 Å². The standard InChI is InChI=1S/C36H30F5NO4S/c1-18-12-20(33(44)45)4-7-25(18)19-5-11-31(43)28(15-19)26-8-6-22(35(2,3)38)17-27(26)29-9-10-30-32(47-34(46)42(29)30)21-13-23(36(39,40)41)16-24(37)14-21/h4-8,11-17,29-30,32,43H,9-10H2,1-3H3,(H,44,45)/t29-,30?,32?/m0/s1. The summed E-state index contributed by atoms with van der Waals surface area (Å²) >= 11 is 0.844. The number of hydrogen-bond acceptors (Lipinski definition) is 4. The second-order valence-corrected chi connectivity index (χ2v) is 13.6. The maximum atomic E-state index is 15.3. The fraction of sp³-hybridized carbons (Fsp3) is 0.278. The lowest BCUT2D eigenvalue weighted by atomic mass is 9.87. The van der Waals surface area contributed by atoms with Crippen LogP contribution >= 0.6 is 11.8 Å². The van der Waals surface area contributed by atoms with E-state index in [-0.39, 0.29) is 22.1 Å². The van der Waals surface area contributed by atoms with Gasteiger partial charge in [0.05, 0.1) is 22.4 Å². The number of nitrogens with zero attached hydrogens (tertiary/aromatic N) is 1. The highest BCUT2D eigenvalue weighted by atomic mass is 32.2. The van der Waals surface area contributed by atoms with E-state index in [2.05, 4.69) is 0 Å². The second kappa shape index (κ2) is 11.7. The first-order chi connectivity index (χ1) is 22.0. The zero-order chi connectivity index (χ0) is 34.0. The number of phenols is 1. The molecule has 2 fully saturated rings. The van der Waals surface area contributed by atoms with E-state index >= 15 is 4.39 Å². The Morgan fingerprint density at radius 2 is 1.60 bits per heavy atom. The van der Waals surface area contributed by atoms with Crippen LogP contribution in [0.4, 0.5) is 26.7 Å². The Kier molecular flexibility index (Phi) is 8.10. The second-order valence-electron chi connectivity index (χ2n) is 12.5. The zero-order valence-corrected chi connectivity index (χ0v) is 26.3. The van der Waals surface area contributed by atoms with E-state index in [1.54, 1.807) is 54.3 Å². The van der Waals surface area contributed by atoms with Crippen LogP contribution < -0.4 is 0 Å². The first-order valence-corrected chi connectivity index (χ1v) is 15.8. The van der Waals surface area contributed by atoms with Gasteiger partial charge in [-0.2, -0.15) is 13.2 Å². The molecule has 0 saturated carbocycles. The van der Waals surface area contributed by atoms with Crippen molar-refractivity contribution in [2.45, 2.75) is 62.8 Å². The lowest BCUT2D eigenvalue weighted by Crippen LogP contribution is -2.31. The molecule has 0 aliphatic carbocycles. The van der Waals surface area contributed by atoms with E-state index in [0.29, 0.717) is 52.3 Å². The van der Waals surface area contributed by atoms with Gasteiger partial charge in [0.2, 0.25) is 0 Å². The van der Waals surface area contributed by atoms with Crippen LogP contribution in [0.15, 0.2) is 72.8 Å². The number of carbonyl (C=O) groups is 2. The van der Waals surface area contributed by atoms with Crippen LogP contribution in [0.2, 0.25) is 0 Å². The number of carboxylic acid groups (broad SMARTS) is 1. The molecule has 2 aliphatic heterocycles. The van der Waals surface area contributed by atoms with Crippen molar-refractivity contribution in [3.05, 3.63) is 112 Å². The molecule has 0 bridgehead atoms. The Hall–Kier alpha value is -4.38. The predicted octanol–water partition coefficient (Wildman–Crippen LogP) is 10.2. The van der Waals surface area contributed by atoms with E-state index in [9.17, 15) is 37.4 Å². The Morgan fingerprint density at radius 1 is 0.872 bits per heavy atom. The number of phenolic OH excluding ortho intramolecular Hbond substituents is 1. The van der Waals surface area contributed by atoms with Crippen molar-refractivity contribution in [1.82, 2.24) is 4.90 Å². The van der Waals surface area contributed by atoms with E-state index in [1.807, 2.05) is 0 Å². The lowest BCUT2D eigenvalue weighted by molar-refractivity contribution is -0.137. The number of aromatic carboxylic acids is 1. The van der Waals surface area contributed by atoms with Gasteiger partial charge in [-0.15, -0.1) is 0 Å². The van der Waals surface area contributed by atoms with Crippen LogP contribution in [-0.2, 0) is 11.8 Å². The summed E-state index contributed by atoms with van der Waals surface area (Å²) in [6.45, 7) is 4.58. The van der Waals surface area contributed by atoms with Gasteiger partial charge in [0.15, 0.2) is 0 Å². The summed E-state index contributed by atoms with van der Waals surface area (Å²) in [6.07, 6.45) is -3.94. The van der Waals surface area contributed by atoms with Crippen molar-refractivity contribution in [3.8, 4) is 28.0 Å². The van der Waals surface area contributed by atoms with E-state index in [0.717, 1.165) is 29.5 Å². The molecule has 3 atom stereocenters. The first kappa shape index (κ1) is 32.6. The highest BCUT2D eigenvalue weighted by molar-refractivity contribution is 8.14. The molecule has 11 heteroatoms. The monoisotopic (exact) mass is 667 g/mol. The van der Waals surface area contributed by atoms with Crippen molar-refractivity contribution in [1.29, 1.82) is 0 Å². The molecule has 2 N–H and O–H groups in total. The molecule has 2 heterocycles. The van der Waals surface area contributed by atoms with Crippen LogP contribution in [0, 0.1) is 12.7 Å². The molecule has 0 spiro atoms. The van der Waals surface area contributed by atoms with Gasteiger partial charge in [0.25, 0.3) is 5.24 Å². The third-order valence-corrected chi connectivity index (χ3v) is 10.2. The summed E-state index contributed by atoms with van der Waals surface area (Å²) in [7, 11) is 0. The van der Waals surface area contributed by atoms with Crippen molar-refractivity contribution >= 4 is 23.0 Å². The third kappa shape index (κ3) is 6.08. The van der Waals surface area contributed by atoms with Crippen molar-refractivity contribution in [3.63, 3.8) is 0 Å². The maximum absolute atomic E-state index is 15.3. The average Bonchev–Trinajstić information content (AvgIpc) is 3.57. The van der Waals surface area contributed by atoms with E-state index < -0.39 is 46.5 Å². The molecule has 4 aromatic rings. The lowest BCUT2D eigenvalue weighted by Gasteiger charge is -2.28. The van der Waals surface area contributed by atoms with Crippen LogP contribution in [0.1, 0.15) is 76.2 Å². The SMILES string of the molecule is Cc1cc(C(=O)O)ccc1-c1ccc(O)c(-c2ccc(C(C)(C)F)cc2[C@@H]2CCC3C(c4cc(F)cc(C(F)(F)F)c4)SC(=O)N32)c1. The Balaban J connectivity index is 1.44. The van der Waals surface area contributed by atoms with Crippen LogP contribution in [0.3, 0.4) is 0 Å². The quantitative estimate of drug-likeness (QED) is 0.200. The van der Waals surface area contributed by atoms with Crippen LogP contribution in [0.25, 0.3) is 22.3 Å². The number of alkyl halides is 4. The molecule has 5 nitrogen and oxygen atoms in total. The minimum atomic E-state index is -4.76. The number of rotatable bonds is 6. The van der Waals surface area contributed by atoms with Gasteiger partial charge in [0, 0.05) is 11.6 Å². The number of carboxylic acids is 1. The molecule has 0 aromatic heterocycles. The minimum Gasteiger partial charge on any atom is -0.507 e. The van der Waals surface area contributed by atoms with Crippen LogP contribution in [-0.4, -0.2) is 32.4 Å². The molecule has 47 heavy (non-hydrogen) atoms. The molecule has 4 aromatic carbocycles. The number of aromatic hydroxyl groups is 1. The number of hydrogen-bond donors (Lipinski definition) is 2. The zero-order valence-electron chi connectivity index (χ0n) is 25.5. The number of benzene rings is 4. The van der Waals surface area contributed by atoms with Gasteiger partial charge in [-0.05, 0) is 121 Å². The highest BCUT2D eigenvalue weighted by Crippen LogP contribution is 2.55. The smallest absolute Gasteiger partial charge is 0.416 e. The van der Waals surface area contributed by atoms with E-state index in [4.69, 9.17) is 0 Å². The van der Waals surface area contributed by atoms with Gasteiger partial charge in [-0.25, -0.2) is 13.6 Å². The normalized spacial score (nSPS) is 19.7. The molecule has 2 aliphatic rings. The fourth-order valence-electron chi connectivity index (χ4n) is 6.68. The van der Waals surface area contributed by atoms with Crippen LogP contribution in [0.5, 0.6) is 5.75 Å². The Bertz CT molecular complexity index is 1920. The molecule has 244 valence electrons. The summed E-state index contributed by atoms with van der Waals surface area (Å²) < 4.78 is 70.2. The number of amides is 1. The number of aryl methyl sites for hydroxylation is 1. The summed E-state index contributed by atoms with van der Waals surface area (Å²) in [5.74, 6) is -2.17. The van der Waals surface area contributed by atoms with Gasteiger partial charge in [0.1, 0.15) is 17.2 Å². The number of thioether (sulfide) groups is 1. The van der Waals surface area contributed by atoms with E-state index in [1.165, 1.54) is 26.0 Å². The van der Waals surface area contributed by atoms with Crippen molar-refractivity contribution < 1.29 is 41.8 Å². The number of halogens is 5. The molecule has 1 amide bonds. The van der Waals surface area contributed by atoms with Gasteiger partial charge < -0.3 is 15.1 Å². The Labute approximate surface area is 272 Å². The molecule has 2 unspecified atom stereocenters. The summed E-state index contributed by atoms with van der Waals surface area (Å²) in [6, 6.07) is 15.9. The number of fused-ring (bicyclic) bond motifs is 1. The fourth-order valence-corrected chi connectivity index (χ4v) is 7.97. The minimum absolute atomic E-state index is 0.0670. The molecule has 6 rings (SSSR count). The molecular weight excluding hydrogens is 637 g/mol. The maximum Gasteiger partial charge on any atom is 0.416 e. The van der Waals surface area contributed by atoms with Gasteiger partial charge >= 0.3 is 12.1 Å². The summed E-state index contributed by atoms with van der Waals surface area (Å²) in [5, 5.41) is 19.4. The van der Waals surface area contributed by atoms with Crippen molar-refractivity contribution in [2.75, 3.05) is 0 Å². The largest absolute Gasteiger partial charge is 0.507 e. The first-order valence-electron chi connectivity index (χ1n) is 14.9. The highest BCUT2D eigenvalue weighted by Gasteiger charge is 2.50. The molecule has 0 radical (unpaired) electrons. The average molecular weight is 668 g/mol. The third-order valence-electron chi connectivity index (χ3n) is 8.96. The Morgan fingerprint density at radius 3 is 2.26 bits per heavy atom. The van der Waals surface area contributed by atoms with Gasteiger partial charge in [-0.3, -0.25) is 4.79 Å². The predicted molar refractivity (Wildman–Crippen MR) is 170 cm³/mol. The van der Waals surface area contributed by atoms with Crippen molar-refractivity contribution in [2.24, 2.45) is 0 Å². The van der Waals surface area contributed by atoms with Gasteiger partial charge in [-0.1, -0.05) is 36.0 Å². The summed E-state index contributed by atoms with van der Waals surface area (Å²) in [4.78, 5) is 26.6. The number of carbonyl (C=O) groups excluding carboxylic acids is 1. The molecule has 2 saturated heterocycles. The summed E-state index contributed by atoms with van der Waals surface area (Å²) in [5.41, 5.74) is 1.29.